The number of nitrogens with zero attached hydrogens (tertiary/aromatic N) is 2. The van der Waals surface area contributed by atoms with Gasteiger partial charge in [0.2, 0.25) is 0 Å². The number of fused-ring (bicyclic) bond motifs is 2. The molecule has 2 nitrogen and oxygen atoms in total. The van der Waals surface area contributed by atoms with Crippen molar-refractivity contribution >= 4 is 0 Å². The van der Waals surface area contributed by atoms with Crippen molar-refractivity contribution < 1.29 is 0 Å². The van der Waals surface area contributed by atoms with E-state index in [0.29, 0.717) is 0 Å². The summed E-state index contributed by atoms with van der Waals surface area (Å²) in [6.07, 6.45) is 4.24. The molecule has 0 aliphatic carbocycles. The summed E-state index contributed by atoms with van der Waals surface area (Å²) in [5.74, 6) is 1.67. The van der Waals surface area contributed by atoms with Crippen LogP contribution in [0.4, 0.5) is 0 Å². The fourth-order valence-electron chi connectivity index (χ4n) is 3.42. The van der Waals surface area contributed by atoms with E-state index >= 15 is 0 Å². The number of hydrogen-bond donors (Lipinski definition) is 0. The van der Waals surface area contributed by atoms with Crippen molar-refractivity contribution in [3.63, 3.8) is 0 Å². The van der Waals surface area contributed by atoms with E-state index in [0.717, 1.165) is 23.9 Å². The Morgan fingerprint density at radius 3 is 2.00 bits per heavy atom. The third kappa shape index (κ3) is 3.45. The highest BCUT2D eigenvalue weighted by atomic mass is 15.3. The maximum absolute atomic E-state index is 2.80. The van der Waals surface area contributed by atoms with Crippen LogP contribution in [0.5, 0.6) is 0 Å². The van der Waals surface area contributed by atoms with Crippen molar-refractivity contribution in [1.82, 2.24) is 9.80 Å². The van der Waals surface area contributed by atoms with Gasteiger partial charge in [0.05, 0.1) is 0 Å². The minimum absolute atomic E-state index is 0.820. The minimum Gasteiger partial charge on any atom is -0.300 e. The van der Waals surface area contributed by atoms with Gasteiger partial charge in [-0.3, -0.25) is 4.90 Å². The summed E-state index contributed by atoms with van der Waals surface area (Å²) >= 11 is 0. The third-order valence-electron chi connectivity index (χ3n) is 4.31. The molecule has 0 radical (unpaired) electrons. The smallest absolute Gasteiger partial charge is 0.0227 e. The Bertz CT molecular complexity index is 223. The SMILES string of the molecule is CC(C)CCN1C[C@H]2CC[C@@H](C1)N2CC(C)C. The van der Waals surface area contributed by atoms with Crippen LogP contribution in [0.2, 0.25) is 0 Å². The topological polar surface area (TPSA) is 6.48 Å². The highest BCUT2D eigenvalue weighted by Gasteiger charge is 2.39. The lowest BCUT2D eigenvalue weighted by molar-refractivity contribution is 0.0558. The molecule has 0 aromatic carbocycles. The van der Waals surface area contributed by atoms with Crippen LogP contribution in [0.15, 0.2) is 0 Å². The molecule has 0 N–H and O–H groups in total. The van der Waals surface area contributed by atoms with Gasteiger partial charge >= 0.3 is 0 Å². The van der Waals surface area contributed by atoms with Crippen molar-refractivity contribution in [3.8, 4) is 0 Å². The maximum Gasteiger partial charge on any atom is 0.0227 e. The normalized spacial score (nSPS) is 30.7. The molecule has 2 heteroatoms. The van der Waals surface area contributed by atoms with Gasteiger partial charge in [-0.05, 0) is 37.6 Å². The lowest BCUT2D eigenvalue weighted by Gasteiger charge is -2.42. The van der Waals surface area contributed by atoms with E-state index in [1.54, 1.807) is 0 Å². The molecule has 0 spiro atoms. The molecule has 0 amide bonds. The molecule has 2 heterocycles. The molecule has 0 saturated carbocycles. The maximum atomic E-state index is 2.80. The molecule has 2 fully saturated rings. The second-order valence-electron chi connectivity index (χ2n) is 6.92. The largest absolute Gasteiger partial charge is 0.300 e. The molecule has 0 aromatic rings. The summed E-state index contributed by atoms with van der Waals surface area (Å²) in [6.45, 7) is 14.7. The van der Waals surface area contributed by atoms with Crippen LogP contribution < -0.4 is 0 Å². The predicted octanol–water partition coefficient (Wildman–Crippen LogP) is 2.84. The van der Waals surface area contributed by atoms with Gasteiger partial charge in [0.25, 0.3) is 0 Å². The van der Waals surface area contributed by atoms with Crippen LogP contribution in [-0.4, -0.2) is 48.1 Å². The molecule has 17 heavy (non-hydrogen) atoms. The van der Waals surface area contributed by atoms with Crippen molar-refractivity contribution in [2.75, 3.05) is 26.2 Å². The lowest BCUT2D eigenvalue weighted by Crippen LogP contribution is -2.54. The Labute approximate surface area is 107 Å². The van der Waals surface area contributed by atoms with E-state index in [9.17, 15) is 0 Å². The van der Waals surface area contributed by atoms with Gasteiger partial charge in [0.1, 0.15) is 0 Å². The van der Waals surface area contributed by atoms with Gasteiger partial charge < -0.3 is 4.90 Å². The van der Waals surface area contributed by atoms with Crippen LogP contribution in [-0.2, 0) is 0 Å². The van der Waals surface area contributed by atoms with Crippen LogP contribution in [0.3, 0.4) is 0 Å². The first kappa shape index (κ1) is 13.4. The highest BCUT2D eigenvalue weighted by Crippen LogP contribution is 2.30. The van der Waals surface area contributed by atoms with Gasteiger partial charge in [-0.25, -0.2) is 0 Å². The second-order valence-corrected chi connectivity index (χ2v) is 6.92. The molecule has 0 aromatic heterocycles. The van der Waals surface area contributed by atoms with Gasteiger partial charge in [0, 0.05) is 31.7 Å². The quantitative estimate of drug-likeness (QED) is 0.727. The number of likely N-dealkylation sites (tertiary alicyclic amines) is 1. The number of hydrogen-bond acceptors (Lipinski definition) is 2. The van der Waals surface area contributed by atoms with Crippen LogP contribution in [0.1, 0.15) is 47.0 Å². The van der Waals surface area contributed by atoms with Gasteiger partial charge in [-0.1, -0.05) is 27.7 Å². The van der Waals surface area contributed by atoms with Crippen molar-refractivity contribution in [3.05, 3.63) is 0 Å². The Hall–Kier alpha value is -0.0800. The average molecular weight is 238 g/mol. The van der Waals surface area contributed by atoms with E-state index in [1.807, 2.05) is 0 Å². The molecule has 100 valence electrons. The first-order valence-corrected chi connectivity index (χ1v) is 7.54. The van der Waals surface area contributed by atoms with E-state index in [-0.39, 0.29) is 0 Å². The zero-order valence-corrected chi connectivity index (χ0v) is 12.2. The van der Waals surface area contributed by atoms with Gasteiger partial charge in [0.15, 0.2) is 0 Å². The standard InChI is InChI=1S/C15H30N2/c1-12(2)7-8-16-10-14-5-6-15(11-16)17(14)9-13(3)4/h12-15H,5-11H2,1-4H3/t14-,15+. The van der Waals surface area contributed by atoms with Crippen molar-refractivity contribution in [2.24, 2.45) is 11.8 Å². The monoisotopic (exact) mass is 238 g/mol. The van der Waals surface area contributed by atoms with Crippen LogP contribution >= 0.6 is 0 Å². The molecular weight excluding hydrogens is 208 g/mol. The van der Waals surface area contributed by atoms with E-state index < -0.39 is 0 Å². The summed E-state index contributed by atoms with van der Waals surface area (Å²) in [7, 11) is 0. The van der Waals surface area contributed by atoms with Gasteiger partial charge in [-0.15, -0.1) is 0 Å². The predicted molar refractivity (Wildman–Crippen MR) is 74.2 cm³/mol. The fraction of sp³-hybridized carbons (Fsp3) is 1.00. The molecular formula is C15H30N2. The first-order chi connectivity index (χ1) is 8.06. The summed E-state index contributed by atoms with van der Waals surface area (Å²) in [4.78, 5) is 5.52. The Kier molecular flexibility index (Phi) is 4.48. The summed E-state index contributed by atoms with van der Waals surface area (Å²) in [5.41, 5.74) is 0. The highest BCUT2D eigenvalue weighted by molar-refractivity contribution is 4.95. The lowest BCUT2D eigenvalue weighted by atomic mass is 10.1. The van der Waals surface area contributed by atoms with E-state index in [4.69, 9.17) is 0 Å². The van der Waals surface area contributed by atoms with Crippen LogP contribution in [0.25, 0.3) is 0 Å². The zero-order valence-electron chi connectivity index (χ0n) is 12.2. The molecule has 2 bridgehead atoms. The number of rotatable bonds is 5. The Morgan fingerprint density at radius 2 is 1.53 bits per heavy atom. The third-order valence-corrected chi connectivity index (χ3v) is 4.31. The van der Waals surface area contributed by atoms with E-state index in [1.165, 1.54) is 45.4 Å². The molecule has 2 rings (SSSR count). The molecule has 2 aliphatic rings. The summed E-state index contributed by atoms with van der Waals surface area (Å²) < 4.78 is 0. The second kappa shape index (κ2) is 5.71. The molecule has 2 atom stereocenters. The fourth-order valence-corrected chi connectivity index (χ4v) is 3.42. The van der Waals surface area contributed by atoms with Crippen molar-refractivity contribution in [2.45, 2.75) is 59.0 Å². The van der Waals surface area contributed by atoms with Crippen LogP contribution in [0, 0.1) is 11.8 Å². The number of piperazine rings is 1. The zero-order chi connectivity index (χ0) is 12.4. The molecule has 2 aliphatic heterocycles. The Balaban J connectivity index is 1.83. The Morgan fingerprint density at radius 1 is 0.941 bits per heavy atom. The molecule has 2 saturated heterocycles. The van der Waals surface area contributed by atoms with Crippen molar-refractivity contribution in [1.29, 1.82) is 0 Å². The van der Waals surface area contributed by atoms with Gasteiger partial charge in [-0.2, -0.15) is 0 Å². The molecule has 0 unspecified atom stereocenters. The minimum atomic E-state index is 0.820. The summed E-state index contributed by atoms with van der Waals surface area (Å²) in [5, 5.41) is 0. The summed E-state index contributed by atoms with van der Waals surface area (Å²) in [6, 6.07) is 1.73. The first-order valence-electron chi connectivity index (χ1n) is 7.54. The average Bonchev–Trinajstić information content (AvgIpc) is 2.50. The van der Waals surface area contributed by atoms with E-state index in [2.05, 4.69) is 37.5 Å².